The maximum atomic E-state index is 11.8. The summed E-state index contributed by atoms with van der Waals surface area (Å²) in [5.74, 6) is 0. The Morgan fingerprint density at radius 2 is 1.88 bits per heavy atom. The van der Waals surface area contributed by atoms with Crippen molar-refractivity contribution in [3.8, 4) is 0 Å². The lowest BCUT2D eigenvalue weighted by atomic mass is 9.96. The number of benzene rings is 2. The van der Waals surface area contributed by atoms with Crippen molar-refractivity contribution in [1.29, 1.82) is 0 Å². The average Bonchev–Trinajstić information content (AvgIpc) is 2.59. The highest BCUT2D eigenvalue weighted by Gasteiger charge is 2.23. The van der Waals surface area contributed by atoms with Crippen LogP contribution in [-0.2, 0) is 12.1 Å². The minimum Gasteiger partial charge on any atom is -0.384 e. The number of non-ortho nitro benzene ring substituents is 1. The Bertz CT molecular complexity index is 717. The summed E-state index contributed by atoms with van der Waals surface area (Å²) < 4.78 is 0. The zero-order valence-electron chi connectivity index (χ0n) is 13.2. The number of rotatable bonds is 6. The van der Waals surface area contributed by atoms with Crippen molar-refractivity contribution in [3.63, 3.8) is 0 Å². The maximum Gasteiger partial charge on any atom is 0.315 e. The van der Waals surface area contributed by atoms with E-state index in [0.29, 0.717) is 11.1 Å². The van der Waals surface area contributed by atoms with Gasteiger partial charge in [-0.25, -0.2) is 4.79 Å². The third-order valence-electron chi connectivity index (χ3n) is 3.56. The fourth-order valence-corrected chi connectivity index (χ4v) is 2.18. The molecule has 7 nitrogen and oxygen atoms in total. The topological polar surface area (TPSA) is 104 Å². The van der Waals surface area contributed by atoms with Gasteiger partial charge in [-0.05, 0) is 18.1 Å². The van der Waals surface area contributed by atoms with Gasteiger partial charge in [-0.15, -0.1) is 0 Å². The molecule has 24 heavy (non-hydrogen) atoms. The lowest BCUT2D eigenvalue weighted by Crippen LogP contribution is -2.43. The van der Waals surface area contributed by atoms with Crippen LogP contribution in [0.25, 0.3) is 0 Å². The zero-order valence-corrected chi connectivity index (χ0v) is 13.2. The van der Waals surface area contributed by atoms with Crippen LogP contribution in [0.3, 0.4) is 0 Å². The Labute approximate surface area is 139 Å². The molecule has 0 aliphatic rings. The highest BCUT2D eigenvalue weighted by atomic mass is 16.6. The summed E-state index contributed by atoms with van der Waals surface area (Å²) in [5, 5.41) is 26.3. The van der Waals surface area contributed by atoms with E-state index in [1.165, 1.54) is 12.1 Å². The number of nitrogens with zero attached hydrogens (tertiary/aromatic N) is 1. The molecule has 0 spiro atoms. The van der Waals surface area contributed by atoms with E-state index in [-0.39, 0.29) is 18.8 Å². The molecule has 3 N–H and O–H groups in total. The molecule has 1 atom stereocenters. The minimum atomic E-state index is -1.19. The number of carbonyl (C=O) groups excluding carboxylic acids is 1. The Hall–Kier alpha value is -2.93. The third kappa shape index (κ3) is 4.79. The quantitative estimate of drug-likeness (QED) is 0.558. The second-order valence-corrected chi connectivity index (χ2v) is 5.60. The fourth-order valence-electron chi connectivity index (χ4n) is 2.18. The summed E-state index contributed by atoms with van der Waals surface area (Å²) in [5.41, 5.74) is 0.101. The van der Waals surface area contributed by atoms with Gasteiger partial charge in [-0.1, -0.05) is 42.5 Å². The molecule has 0 saturated carbocycles. The number of amides is 2. The van der Waals surface area contributed by atoms with Crippen LogP contribution in [-0.4, -0.2) is 22.6 Å². The van der Waals surface area contributed by atoms with Gasteiger partial charge >= 0.3 is 6.03 Å². The molecular formula is C17H19N3O4. The minimum absolute atomic E-state index is 0.0262. The van der Waals surface area contributed by atoms with E-state index in [4.69, 9.17) is 0 Å². The van der Waals surface area contributed by atoms with E-state index in [1.807, 2.05) is 18.2 Å². The summed E-state index contributed by atoms with van der Waals surface area (Å²) >= 11 is 0. The average molecular weight is 329 g/mol. The van der Waals surface area contributed by atoms with Crippen LogP contribution in [0.4, 0.5) is 10.5 Å². The van der Waals surface area contributed by atoms with E-state index < -0.39 is 16.6 Å². The van der Waals surface area contributed by atoms with E-state index in [1.54, 1.807) is 31.2 Å². The van der Waals surface area contributed by atoms with Gasteiger partial charge in [-0.3, -0.25) is 10.1 Å². The van der Waals surface area contributed by atoms with Gasteiger partial charge in [0.25, 0.3) is 5.69 Å². The summed E-state index contributed by atoms with van der Waals surface area (Å²) in [6.45, 7) is 1.81. The number of urea groups is 1. The first-order chi connectivity index (χ1) is 11.4. The van der Waals surface area contributed by atoms with Crippen LogP contribution < -0.4 is 10.6 Å². The number of hydrogen-bond donors (Lipinski definition) is 3. The number of nitrogens with one attached hydrogen (secondary N) is 2. The summed E-state index contributed by atoms with van der Waals surface area (Å²) in [6.07, 6.45) is 0. The van der Waals surface area contributed by atoms with Crippen LogP contribution in [0.5, 0.6) is 0 Å². The molecule has 0 aliphatic carbocycles. The molecule has 126 valence electrons. The van der Waals surface area contributed by atoms with Crippen molar-refractivity contribution in [2.45, 2.75) is 19.1 Å². The molecule has 1 unspecified atom stereocenters. The lowest BCUT2D eigenvalue weighted by molar-refractivity contribution is -0.384. The zero-order chi connectivity index (χ0) is 17.6. The second kappa shape index (κ2) is 7.56. The van der Waals surface area contributed by atoms with Gasteiger partial charge in [-0.2, -0.15) is 0 Å². The predicted molar refractivity (Wildman–Crippen MR) is 89.3 cm³/mol. The van der Waals surface area contributed by atoms with Crippen molar-refractivity contribution in [3.05, 3.63) is 75.8 Å². The van der Waals surface area contributed by atoms with Gasteiger partial charge < -0.3 is 15.7 Å². The van der Waals surface area contributed by atoms with Crippen molar-refractivity contribution in [2.24, 2.45) is 0 Å². The van der Waals surface area contributed by atoms with E-state index in [2.05, 4.69) is 10.6 Å². The summed E-state index contributed by atoms with van der Waals surface area (Å²) in [7, 11) is 0. The van der Waals surface area contributed by atoms with E-state index in [9.17, 15) is 20.0 Å². The van der Waals surface area contributed by atoms with Gasteiger partial charge in [0.1, 0.15) is 5.60 Å². The van der Waals surface area contributed by atoms with Crippen LogP contribution in [0, 0.1) is 10.1 Å². The van der Waals surface area contributed by atoms with Gasteiger partial charge in [0.15, 0.2) is 0 Å². The predicted octanol–water partition coefficient (Wildman–Crippen LogP) is 2.30. The standard InChI is InChI=1S/C17H19N3O4/c1-17(22,14-7-3-2-4-8-14)12-19-16(21)18-11-13-6-5-9-15(10-13)20(23)24/h2-10,22H,11-12H2,1H3,(H2,18,19,21). The van der Waals surface area contributed by atoms with Crippen LogP contribution in [0.2, 0.25) is 0 Å². The first-order valence-corrected chi connectivity index (χ1v) is 7.41. The maximum absolute atomic E-state index is 11.8. The van der Waals surface area contributed by atoms with Crippen molar-refractivity contribution < 1.29 is 14.8 Å². The molecule has 2 rings (SSSR count). The first-order valence-electron chi connectivity index (χ1n) is 7.41. The molecule has 0 radical (unpaired) electrons. The Kier molecular flexibility index (Phi) is 5.49. The summed E-state index contributed by atoms with van der Waals surface area (Å²) in [6, 6.07) is 14.6. The number of hydrogen-bond acceptors (Lipinski definition) is 4. The summed E-state index contributed by atoms with van der Waals surface area (Å²) in [4.78, 5) is 22.1. The number of nitro benzene ring substituents is 1. The molecule has 2 aromatic rings. The molecule has 0 fully saturated rings. The van der Waals surface area contributed by atoms with Crippen molar-refractivity contribution >= 4 is 11.7 Å². The van der Waals surface area contributed by atoms with Crippen LogP contribution in [0.15, 0.2) is 54.6 Å². The molecule has 0 heterocycles. The largest absolute Gasteiger partial charge is 0.384 e. The Balaban J connectivity index is 1.85. The molecule has 7 heteroatoms. The number of nitro groups is 1. The molecule has 2 aromatic carbocycles. The third-order valence-corrected chi connectivity index (χ3v) is 3.56. The Morgan fingerprint density at radius 1 is 1.17 bits per heavy atom. The normalized spacial score (nSPS) is 12.9. The molecule has 0 saturated heterocycles. The molecule has 0 aromatic heterocycles. The van der Waals surface area contributed by atoms with E-state index in [0.717, 1.165) is 0 Å². The fraction of sp³-hybridized carbons (Fsp3) is 0.235. The first kappa shape index (κ1) is 17.4. The number of aliphatic hydroxyl groups is 1. The highest BCUT2D eigenvalue weighted by Crippen LogP contribution is 2.18. The van der Waals surface area contributed by atoms with Gasteiger partial charge in [0.2, 0.25) is 0 Å². The lowest BCUT2D eigenvalue weighted by Gasteiger charge is -2.24. The molecule has 2 amide bonds. The van der Waals surface area contributed by atoms with Crippen molar-refractivity contribution in [2.75, 3.05) is 6.54 Å². The second-order valence-electron chi connectivity index (χ2n) is 5.60. The monoisotopic (exact) mass is 329 g/mol. The van der Waals surface area contributed by atoms with Gasteiger partial charge in [0, 0.05) is 18.7 Å². The van der Waals surface area contributed by atoms with Crippen molar-refractivity contribution in [1.82, 2.24) is 10.6 Å². The SMILES string of the molecule is CC(O)(CNC(=O)NCc1cccc([N+](=O)[O-])c1)c1ccccc1. The molecule has 0 bridgehead atoms. The molecule has 0 aliphatic heterocycles. The number of carbonyl (C=O) groups is 1. The highest BCUT2D eigenvalue weighted by molar-refractivity contribution is 5.74. The van der Waals surface area contributed by atoms with Crippen LogP contribution >= 0.6 is 0 Å². The molecular weight excluding hydrogens is 310 g/mol. The Morgan fingerprint density at radius 3 is 2.54 bits per heavy atom. The smallest absolute Gasteiger partial charge is 0.315 e. The van der Waals surface area contributed by atoms with Crippen LogP contribution in [0.1, 0.15) is 18.1 Å². The van der Waals surface area contributed by atoms with Gasteiger partial charge in [0.05, 0.1) is 11.5 Å². The van der Waals surface area contributed by atoms with E-state index >= 15 is 0 Å².